The van der Waals surface area contributed by atoms with Crippen molar-refractivity contribution >= 4 is 0 Å². The van der Waals surface area contributed by atoms with E-state index in [0.717, 1.165) is 35.5 Å². The lowest BCUT2D eigenvalue weighted by molar-refractivity contribution is -0.913. The van der Waals surface area contributed by atoms with Gasteiger partial charge in [0.2, 0.25) is 0 Å². The van der Waals surface area contributed by atoms with E-state index in [1.54, 1.807) is 25.7 Å². The van der Waals surface area contributed by atoms with Crippen LogP contribution in [0.15, 0.2) is 0 Å². The molecule has 0 atom stereocenters. The number of hydrogen-bond donors (Lipinski definition) is 2. The molecular formula is C26H50N2+2. The van der Waals surface area contributed by atoms with Crippen molar-refractivity contribution in [3.63, 3.8) is 0 Å². The highest BCUT2D eigenvalue weighted by molar-refractivity contribution is 4.76. The van der Waals surface area contributed by atoms with Crippen LogP contribution in [0.2, 0.25) is 0 Å². The predicted octanol–water partition coefficient (Wildman–Crippen LogP) is 3.23. The minimum Gasteiger partial charge on any atom is -0.335 e. The van der Waals surface area contributed by atoms with Crippen LogP contribution >= 0.6 is 0 Å². The zero-order valence-corrected chi connectivity index (χ0v) is 19.2. The Hall–Kier alpha value is -0.0800. The van der Waals surface area contributed by atoms with Crippen LogP contribution in [0.25, 0.3) is 0 Å². The molecule has 2 N–H and O–H groups in total. The molecule has 0 bridgehead atoms. The van der Waals surface area contributed by atoms with E-state index in [1.807, 2.05) is 9.80 Å². The van der Waals surface area contributed by atoms with Crippen LogP contribution < -0.4 is 9.80 Å². The molecule has 2 heterocycles. The number of likely N-dealkylation sites (tertiary alicyclic amines) is 2. The standard InChI is InChI=1S/C26H48N2/c1-21-3-7-23(8-4-21)19-27-15-11-25(12-16-27)26-13-17-28(18-14-26)20-24-9-5-22(2)6-10-24/h21-26H,3-20H2,1-2H3/p+2. The van der Waals surface area contributed by atoms with E-state index in [2.05, 4.69) is 13.8 Å². The molecule has 2 nitrogen and oxygen atoms in total. The van der Waals surface area contributed by atoms with Crippen molar-refractivity contribution in [3.8, 4) is 0 Å². The Bertz CT molecular complexity index is 389. The summed E-state index contributed by atoms with van der Waals surface area (Å²) >= 11 is 0. The third-order valence-electron chi connectivity index (χ3n) is 9.57. The van der Waals surface area contributed by atoms with Crippen molar-refractivity contribution in [1.29, 1.82) is 0 Å². The fourth-order valence-electron chi connectivity index (χ4n) is 7.33. The van der Waals surface area contributed by atoms with Crippen LogP contribution in [0.5, 0.6) is 0 Å². The van der Waals surface area contributed by atoms with Crippen molar-refractivity contribution in [1.82, 2.24) is 0 Å². The normalized spacial score (nSPS) is 45.6. The maximum atomic E-state index is 2.46. The quantitative estimate of drug-likeness (QED) is 0.713. The van der Waals surface area contributed by atoms with E-state index in [4.69, 9.17) is 0 Å². The number of piperidine rings is 2. The minimum atomic E-state index is 1.01. The lowest BCUT2D eigenvalue weighted by Gasteiger charge is -2.39. The van der Waals surface area contributed by atoms with Gasteiger partial charge in [0.05, 0.1) is 39.3 Å². The molecule has 2 heteroatoms. The van der Waals surface area contributed by atoms with Gasteiger partial charge in [0.1, 0.15) is 0 Å². The van der Waals surface area contributed by atoms with Gasteiger partial charge >= 0.3 is 0 Å². The van der Waals surface area contributed by atoms with Crippen molar-refractivity contribution in [2.45, 2.75) is 90.9 Å². The van der Waals surface area contributed by atoms with Crippen molar-refractivity contribution in [2.24, 2.45) is 35.5 Å². The van der Waals surface area contributed by atoms with Gasteiger partial charge in [-0.15, -0.1) is 0 Å². The zero-order valence-electron chi connectivity index (χ0n) is 19.2. The highest BCUT2D eigenvalue weighted by atomic mass is 15.1. The van der Waals surface area contributed by atoms with Crippen LogP contribution in [-0.2, 0) is 0 Å². The summed E-state index contributed by atoms with van der Waals surface area (Å²) in [7, 11) is 0. The molecule has 0 amide bonds. The van der Waals surface area contributed by atoms with E-state index in [0.29, 0.717) is 0 Å². The van der Waals surface area contributed by atoms with Gasteiger partial charge < -0.3 is 9.80 Å². The average molecular weight is 391 g/mol. The van der Waals surface area contributed by atoms with Crippen molar-refractivity contribution in [2.75, 3.05) is 39.3 Å². The van der Waals surface area contributed by atoms with E-state index >= 15 is 0 Å². The number of hydrogen-bond acceptors (Lipinski definition) is 0. The molecule has 0 unspecified atom stereocenters. The van der Waals surface area contributed by atoms with Crippen LogP contribution in [0, 0.1) is 35.5 Å². The van der Waals surface area contributed by atoms with E-state index < -0.39 is 0 Å². The molecule has 2 saturated carbocycles. The van der Waals surface area contributed by atoms with Crippen LogP contribution in [-0.4, -0.2) is 39.3 Å². The second-order valence-corrected chi connectivity index (χ2v) is 11.8. The first kappa shape index (κ1) is 21.2. The Morgan fingerprint density at radius 1 is 0.464 bits per heavy atom. The fraction of sp³-hybridized carbons (Fsp3) is 1.00. The van der Waals surface area contributed by atoms with E-state index in [-0.39, 0.29) is 0 Å². The number of rotatable bonds is 5. The molecule has 4 rings (SSSR count). The monoisotopic (exact) mass is 390 g/mol. The summed E-state index contributed by atoms with van der Waals surface area (Å²) in [5.74, 6) is 6.27. The molecule has 0 radical (unpaired) electrons. The SMILES string of the molecule is CC1CCC(C[NH+]2CCC(C3CC[NH+](CC4CCC(C)CC4)CC3)CC2)CC1. The third kappa shape index (κ3) is 5.97. The topological polar surface area (TPSA) is 8.88 Å². The van der Waals surface area contributed by atoms with Gasteiger partial charge in [-0.3, -0.25) is 0 Å². The first-order valence-electron chi connectivity index (χ1n) is 13.3. The molecule has 4 aliphatic rings. The molecule has 0 spiro atoms. The molecule has 2 aliphatic carbocycles. The summed E-state index contributed by atoms with van der Waals surface area (Å²) in [5, 5.41) is 0. The van der Waals surface area contributed by atoms with Gasteiger partial charge in [-0.25, -0.2) is 0 Å². The Labute approximate surface area is 175 Å². The van der Waals surface area contributed by atoms with Crippen molar-refractivity contribution in [3.05, 3.63) is 0 Å². The molecule has 0 aromatic carbocycles. The Balaban J connectivity index is 1.11. The lowest BCUT2D eigenvalue weighted by Crippen LogP contribution is -3.14. The Morgan fingerprint density at radius 2 is 0.786 bits per heavy atom. The Kier molecular flexibility index (Phi) is 7.78. The van der Waals surface area contributed by atoms with Crippen molar-refractivity contribution < 1.29 is 9.80 Å². The van der Waals surface area contributed by atoms with Crippen LogP contribution in [0.4, 0.5) is 0 Å². The van der Waals surface area contributed by atoms with Gasteiger partial charge in [-0.1, -0.05) is 39.5 Å². The highest BCUT2D eigenvalue weighted by Crippen LogP contribution is 2.30. The first-order valence-corrected chi connectivity index (χ1v) is 13.3. The maximum Gasteiger partial charge on any atom is 0.0799 e. The highest BCUT2D eigenvalue weighted by Gasteiger charge is 2.34. The molecular weight excluding hydrogens is 340 g/mol. The molecule has 28 heavy (non-hydrogen) atoms. The zero-order chi connectivity index (χ0) is 19.3. The molecule has 0 aromatic heterocycles. The maximum absolute atomic E-state index is 2.46. The molecule has 2 aliphatic heterocycles. The summed E-state index contributed by atoms with van der Waals surface area (Å²) in [6.45, 7) is 13.9. The summed E-state index contributed by atoms with van der Waals surface area (Å²) in [6, 6.07) is 0. The summed E-state index contributed by atoms with van der Waals surface area (Å²) < 4.78 is 0. The van der Waals surface area contributed by atoms with Gasteiger partial charge in [0, 0.05) is 11.8 Å². The van der Waals surface area contributed by atoms with Crippen LogP contribution in [0.3, 0.4) is 0 Å². The predicted molar refractivity (Wildman–Crippen MR) is 119 cm³/mol. The molecule has 0 aromatic rings. The van der Waals surface area contributed by atoms with Gasteiger partial charge in [-0.2, -0.15) is 0 Å². The van der Waals surface area contributed by atoms with Gasteiger partial charge in [-0.05, 0) is 75.0 Å². The second kappa shape index (κ2) is 10.3. The number of quaternary nitrogens is 2. The van der Waals surface area contributed by atoms with Gasteiger partial charge in [0.25, 0.3) is 0 Å². The summed E-state index contributed by atoms with van der Waals surface area (Å²) in [6.07, 6.45) is 18.3. The molecule has 2 saturated heterocycles. The lowest BCUT2D eigenvalue weighted by atomic mass is 9.77. The summed E-state index contributed by atoms with van der Waals surface area (Å²) in [5.41, 5.74) is 0. The number of nitrogens with one attached hydrogen (secondary N) is 2. The summed E-state index contributed by atoms with van der Waals surface area (Å²) in [4.78, 5) is 3.93. The fourth-order valence-corrected chi connectivity index (χ4v) is 7.33. The van der Waals surface area contributed by atoms with E-state index in [9.17, 15) is 0 Å². The largest absolute Gasteiger partial charge is 0.335 e. The molecule has 162 valence electrons. The van der Waals surface area contributed by atoms with E-state index in [1.165, 1.54) is 90.6 Å². The molecule has 4 fully saturated rings. The second-order valence-electron chi connectivity index (χ2n) is 11.8. The van der Waals surface area contributed by atoms with Crippen LogP contribution in [0.1, 0.15) is 90.9 Å². The van der Waals surface area contributed by atoms with Gasteiger partial charge in [0.15, 0.2) is 0 Å². The smallest absolute Gasteiger partial charge is 0.0799 e. The Morgan fingerprint density at radius 3 is 1.11 bits per heavy atom. The first-order chi connectivity index (χ1) is 13.7. The third-order valence-corrected chi connectivity index (χ3v) is 9.57. The minimum absolute atomic E-state index is 1.01. The average Bonchev–Trinajstić information content (AvgIpc) is 2.73.